The van der Waals surface area contributed by atoms with Gasteiger partial charge in [-0.2, -0.15) is 0 Å². The Morgan fingerprint density at radius 3 is 2.27 bits per heavy atom. The Hall–Kier alpha value is -0.770. The third-order valence-corrected chi connectivity index (χ3v) is 2.46. The van der Waals surface area contributed by atoms with E-state index in [4.69, 9.17) is 5.84 Å². The Morgan fingerprint density at radius 1 is 1.27 bits per heavy atom. The third-order valence-electron chi connectivity index (χ3n) is 2.46. The summed E-state index contributed by atoms with van der Waals surface area (Å²) in [5.41, 5.74) is 2.60. The molecule has 0 aromatic heterocycles. The molecule has 0 aliphatic heterocycles. The Labute approximate surface area is 93.7 Å². The van der Waals surface area contributed by atoms with Gasteiger partial charge in [-0.05, 0) is 11.8 Å². The number of hydrazine groups is 1. The molecule has 0 rings (SSSR count). The molecule has 4 N–H and O–H groups in total. The fourth-order valence-corrected chi connectivity index (χ4v) is 1.24. The van der Waals surface area contributed by atoms with E-state index in [1.165, 1.54) is 12.8 Å². The van der Waals surface area contributed by atoms with Crippen molar-refractivity contribution in [2.24, 2.45) is 22.7 Å². The van der Waals surface area contributed by atoms with Crippen molar-refractivity contribution in [1.29, 1.82) is 0 Å². The highest BCUT2D eigenvalue weighted by Crippen LogP contribution is 2.04. The zero-order valence-electron chi connectivity index (χ0n) is 10.5. The fourth-order valence-electron chi connectivity index (χ4n) is 1.24. The lowest BCUT2D eigenvalue weighted by molar-refractivity contribution is 0.481. The maximum Gasteiger partial charge on any atom is 0.205 e. The molecule has 0 atom stereocenters. The summed E-state index contributed by atoms with van der Waals surface area (Å²) in [5.74, 6) is 7.34. The number of guanidine groups is 1. The molecular weight excluding hydrogens is 188 g/mol. The van der Waals surface area contributed by atoms with E-state index in [1.807, 2.05) is 0 Å². The van der Waals surface area contributed by atoms with E-state index in [1.54, 1.807) is 0 Å². The molecule has 0 unspecified atom stereocenters. The van der Waals surface area contributed by atoms with E-state index in [0.29, 0.717) is 17.8 Å². The first-order valence-electron chi connectivity index (χ1n) is 5.88. The summed E-state index contributed by atoms with van der Waals surface area (Å²) in [7, 11) is 0. The molecule has 0 aliphatic carbocycles. The summed E-state index contributed by atoms with van der Waals surface area (Å²) < 4.78 is 0. The normalized spacial score (nSPS) is 12.3. The van der Waals surface area contributed by atoms with Gasteiger partial charge in [0.2, 0.25) is 5.96 Å². The lowest BCUT2D eigenvalue weighted by Gasteiger charge is -2.15. The molecule has 15 heavy (non-hydrogen) atoms. The Kier molecular flexibility index (Phi) is 8.09. The molecule has 0 amide bonds. The SMILES string of the molecule is CCC(CC)CNC(=NCC(C)C)NN. The van der Waals surface area contributed by atoms with Gasteiger partial charge in [0.15, 0.2) is 0 Å². The summed E-state index contributed by atoms with van der Waals surface area (Å²) >= 11 is 0. The van der Waals surface area contributed by atoms with E-state index in [2.05, 4.69) is 43.4 Å². The largest absolute Gasteiger partial charge is 0.355 e. The van der Waals surface area contributed by atoms with Crippen molar-refractivity contribution in [3.8, 4) is 0 Å². The number of nitrogens with one attached hydrogen (secondary N) is 2. The highest BCUT2D eigenvalue weighted by atomic mass is 15.3. The van der Waals surface area contributed by atoms with Crippen LogP contribution in [0, 0.1) is 11.8 Å². The lowest BCUT2D eigenvalue weighted by Crippen LogP contribution is -2.43. The maximum absolute atomic E-state index is 5.38. The first-order valence-corrected chi connectivity index (χ1v) is 5.88. The average molecular weight is 214 g/mol. The third kappa shape index (κ3) is 7.19. The second-order valence-electron chi connectivity index (χ2n) is 4.29. The smallest absolute Gasteiger partial charge is 0.205 e. The molecule has 90 valence electrons. The number of nitrogens with two attached hydrogens (primary N) is 1. The van der Waals surface area contributed by atoms with Crippen LogP contribution in [0.15, 0.2) is 4.99 Å². The van der Waals surface area contributed by atoms with E-state index >= 15 is 0 Å². The molecule has 0 radical (unpaired) electrons. The number of nitrogens with zero attached hydrogens (tertiary/aromatic N) is 1. The minimum absolute atomic E-state index is 0.559. The fraction of sp³-hybridized carbons (Fsp3) is 0.909. The number of hydrogen-bond donors (Lipinski definition) is 3. The van der Waals surface area contributed by atoms with Crippen molar-refractivity contribution in [3.05, 3.63) is 0 Å². The lowest BCUT2D eigenvalue weighted by atomic mass is 10.0. The van der Waals surface area contributed by atoms with E-state index < -0.39 is 0 Å². The maximum atomic E-state index is 5.38. The molecule has 0 saturated heterocycles. The van der Waals surface area contributed by atoms with Crippen LogP contribution < -0.4 is 16.6 Å². The van der Waals surface area contributed by atoms with Crippen LogP contribution in [0.5, 0.6) is 0 Å². The molecule has 4 heteroatoms. The topological polar surface area (TPSA) is 62.4 Å². The predicted octanol–water partition coefficient (Wildman–Crippen LogP) is 1.49. The highest BCUT2D eigenvalue weighted by Gasteiger charge is 2.04. The summed E-state index contributed by atoms with van der Waals surface area (Å²) in [6.45, 7) is 10.4. The van der Waals surface area contributed by atoms with Crippen molar-refractivity contribution in [2.75, 3.05) is 13.1 Å². The van der Waals surface area contributed by atoms with Gasteiger partial charge in [-0.3, -0.25) is 10.4 Å². The van der Waals surface area contributed by atoms with E-state index in [9.17, 15) is 0 Å². The van der Waals surface area contributed by atoms with Gasteiger partial charge in [0.05, 0.1) is 0 Å². The molecule has 0 aliphatic rings. The van der Waals surface area contributed by atoms with Crippen LogP contribution in [-0.4, -0.2) is 19.0 Å². The van der Waals surface area contributed by atoms with E-state index in [-0.39, 0.29) is 0 Å². The minimum atomic E-state index is 0.559. The summed E-state index contributed by atoms with van der Waals surface area (Å²) in [5, 5.41) is 3.24. The summed E-state index contributed by atoms with van der Waals surface area (Å²) in [6.07, 6.45) is 2.37. The highest BCUT2D eigenvalue weighted by molar-refractivity contribution is 5.79. The van der Waals surface area contributed by atoms with Crippen LogP contribution in [0.1, 0.15) is 40.5 Å². The zero-order chi connectivity index (χ0) is 11.7. The Morgan fingerprint density at radius 2 is 1.87 bits per heavy atom. The van der Waals surface area contributed by atoms with Gasteiger partial charge in [-0.1, -0.05) is 40.5 Å². The Balaban J connectivity index is 3.93. The van der Waals surface area contributed by atoms with Crippen LogP contribution in [0.4, 0.5) is 0 Å². The van der Waals surface area contributed by atoms with Crippen molar-refractivity contribution in [1.82, 2.24) is 10.7 Å². The summed E-state index contributed by atoms with van der Waals surface area (Å²) in [6, 6.07) is 0. The van der Waals surface area contributed by atoms with Crippen molar-refractivity contribution in [3.63, 3.8) is 0 Å². The molecule has 0 saturated carbocycles. The second kappa shape index (κ2) is 8.53. The standard InChI is InChI=1S/C11H26N4/c1-5-10(6-2)8-14-11(15-12)13-7-9(3)4/h9-10H,5-8,12H2,1-4H3,(H2,13,14,15). The van der Waals surface area contributed by atoms with Crippen molar-refractivity contribution >= 4 is 5.96 Å². The first-order chi connectivity index (χ1) is 7.13. The molecule has 0 fully saturated rings. The van der Waals surface area contributed by atoms with Gasteiger partial charge in [0, 0.05) is 13.1 Å². The van der Waals surface area contributed by atoms with Gasteiger partial charge in [-0.15, -0.1) is 0 Å². The van der Waals surface area contributed by atoms with Gasteiger partial charge in [0.25, 0.3) is 0 Å². The van der Waals surface area contributed by atoms with Crippen LogP contribution in [0.2, 0.25) is 0 Å². The Bertz CT molecular complexity index is 173. The molecule has 0 aromatic rings. The second-order valence-corrected chi connectivity index (χ2v) is 4.29. The molecule has 0 spiro atoms. The molecule has 4 nitrogen and oxygen atoms in total. The summed E-state index contributed by atoms with van der Waals surface area (Å²) in [4.78, 5) is 4.35. The molecule has 0 aromatic carbocycles. The van der Waals surface area contributed by atoms with Crippen molar-refractivity contribution < 1.29 is 0 Å². The molecule has 0 heterocycles. The monoisotopic (exact) mass is 214 g/mol. The quantitative estimate of drug-likeness (QED) is 0.272. The number of aliphatic imine (C=N–C) groups is 1. The van der Waals surface area contributed by atoms with Gasteiger partial charge in [-0.25, -0.2) is 5.84 Å². The number of hydrogen-bond acceptors (Lipinski definition) is 2. The van der Waals surface area contributed by atoms with Crippen molar-refractivity contribution in [2.45, 2.75) is 40.5 Å². The molecular formula is C11H26N4. The van der Waals surface area contributed by atoms with Crippen LogP contribution in [0.3, 0.4) is 0 Å². The zero-order valence-corrected chi connectivity index (χ0v) is 10.5. The number of rotatable bonds is 6. The van der Waals surface area contributed by atoms with Crippen LogP contribution in [0.25, 0.3) is 0 Å². The molecule has 0 bridgehead atoms. The van der Waals surface area contributed by atoms with Crippen LogP contribution >= 0.6 is 0 Å². The van der Waals surface area contributed by atoms with Gasteiger partial charge < -0.3 is 5.32 Å². The van der Waals surface area contributed by atoms with E-state index in [0.717, 1.165) is 13.1 Å². The van der Waals surface area contributed by atoms with Gasteiger partial charge >= 0.3 is 0 Å². The van der Waals surface area contributed by atoms with Gasteiger partial charge in [0.1, 0.15) is 0 Å². The predicted molar refractivity (Wildman–Crippen MR) is 66.5 cm³/mol. The average Bonchev–Trinajstić information content (AvgIpc) is 2.23. The minimum Gasteiger partial charge on any atom is -0.355 e. The van der Waals surface area contributed by atoms with Crippen LogP contribution in [-0.2, 0) is 0 Å². The first kappa shape index (κ1) is 14.2.